The van der Waals surface area contributed by atoms with Crippen molar-refractivity contribution >= 4 is 17.2 Å². The average molecular weight is 585 g/mol. The highest BCUT2D eigenvalue weighted by atomic mass is 31.1. The van der Waals surface area contributed by atoms with E-state index in [-0.39, 0.29) is 13.1 Å². The Kier molecular flexibility index (Phi) is 7.15. The fraction of sp³-hybridized carbons (Fsp3) is 1.00. The summed E-state index contributed by atoms with van der Waals surface area (Å²) in [5, 5.41) is 1.84. The molecule has 0 spiro atoms. The molecule has 9 fully saturated rings. The molecule has 0 aromatic carbocycles. The minimum absolute atomic E-state index is 0.0802. The van der Waals surface area contributed by atoms with Crippen molar-refractivity contribution in [2.75, 3.05) is 6.16 Å². The van der Waals surface area contributed by atoms with E-state index < -0.39 is 0 Å². The van der Waals surface area contributed by atoms with Crippen LogP contribution in [0.5, 0.6) is 0 Å². The van der Waals surface area contributed by atoms with Gasteiger partial charge in [-0.15, -0.1) is 9.24 Å². The van der Waals surface area contributed by atoms with Crippen LogP contribution >= 0.6 is 17.2 Å². The molecule has 0 nitrogen and oxygen atoms in total. The molecule has 9 aliphatic rings. The SMILES string of the molecule is CC1CC(CP(C23CC4CC(CC(C4)C2)C3)C23CC4CC(CC(C4)C2)C3)C(C(P)(C(C)(C)C)C(C)(C)C)CC1C. The molecule has 0 amide bonds. The zero-order valence-electron chi connectivity index (χ0n) is 27.9. The Bertz CT molecular complexity index is 834. The van der Waals surface area contributed by atoms with Crippen LogP contribution in [0, 0.1) is 70.0 Å². The van der Waals surface area contributed by atoms with Gasteiger partial charge in [0.15, 0.2) is 0 Å². The lowest BCUT2D eigenvalue weighted by molar-refractivity contribution is 0.00333. The van der Waals surface area contributed by atoms with E-state index in [1.807, 2.05) is 0 Å². The summed E-state index contributed by atoms with van der Waals surface area (Å²) in [4.78, 5) is 0. The molecule has 40 heavy (non-hydrogen) atoms. The van der Waals surface area contributed by atoms with Gasteiger partial charge in [0.1, 0.15) is 0 Å². The highest BCUT2D eigenvalue weighted by molar-refractivity contribution is 7.61. The predicted octanol–water partition coefficient (Wildman–Crippen LogP) is 11.4. The first-order valence-corrected chi connectivity index (χ1v) is 20.3. The summed E-state index contributed by atoms with van der Waals surface area (Å²) in [6.07, 6.45) is 24.4. The third-order valence-corrected chi connectivity index (χ3v) is 21.9. The first-order valence-electron chi connectivity index (χ1n) is 18.2. The molecule has 0 saturated heterocycles. The van der Waals surface area contributed by atoms with Crippen LogP contribution < -0.4 is 0 Å². The third-order valence-electron chi connectivity index (χ3n) is 15.5. The lowest BCUT2D eigenvalue weighted by atomic mass is 9.53. The minimum atomic E-state index is 0.0802. The largest absolute Gasteiger partial charge is 0.130 e. The van der Waals surface area contributed by atoms with Crippen LogP contribution in [0.2, 0.25) is 0 Å². The Balaban J connectivity index is 1.31. The van der Waals surface area contributed by atoms with Gasteiger partial charge in [-0.1, -0.05) is 63.3 Å². The molecule has 0 aromatic heterocycles. The molecule has 5 atom stereocenters. The van der Waals surface area contributed by atoms with E-state index in [2.05, 4.69) is 64.6 Å². The van der Waals surface area contributed by atoms with Crippen LogP contribution in [-0.2, 0) is 0 Å². The van der Waals surface area contributed by atoms with Crippen molar-refractivity contribution < 1.29 is 0 Å². The molecule has 8 bridgehead atoms. The maximum absolute atomic E-state index is 3.63. The van der Waals surface area contributed by atoms with Crippen molar-refractivity contribution in [1.29, 1.82) is 0 Å². The Hall–Kier alpha value is 0.860. The number of rotatable bonds is 5. The summed E-state index contributed by atoms with van der Waals surface area (Å²) in [6.45, 7) is 20.8. The molecule has 0 aliphatic heterocycles. The molecule has 9 aliphatic carbocycles. The lowest BCUT2D eigenvalue weighted by Gasteiger charge is -2.69. The van der Waals surface area contributed by atoms with E-state index in [4.69, 9.17) is 0 Å². The van der Waals surface area contributed by atoms with Crippen molar-refractivity contribution in [2.24, 2.45) is 70.0 Å². The van der Waals surface area contributed by atoms with E-state index in [1.165, 1.54) is 12.8 Å². The van der Waals surface area contributed by atoms with Gasteiger partial charge in [-0.25, -0.2) is 0 Å². The standard InChI is InChI=1S/C38H66P2/c1-24-9-32(33(10-25(24)2)38(39,34(3,4)5)35(6,7)8)23-40(36-17-26-11-27(18-36)13-28(12-26)19-36)37-20-29-14-30(21-37)16-31(15-29)22-37/h24-33H,9-23,39H2,1-8H3. The lowest BCUT2D eigenvalue weighted by Crippen LogP contribution is -2.59. The smallest absolute Gasteiger partial charge is 0.00227 e. The molecule has 9 rings (SSSR count). The second-order valence-electron chi connectivity index (χ2n) is 20.1. The maximum Gasteiger partial charge on any atom is -0.00227 e. The van der Waals surface area contributed by atoms with Gasteiger partial charge in [-0.3, -0.25) is 0 Å². The van der Waals surface area contributed by atoms with Crippen molar-refractivity contribution in [3.8, 4) is 0 Å². The molecule has 228 valence electrons. The molecule has 9 saturated carbocycles. The Morgan fingerprint density at radius 2 is 0.875 bits per heavy atom. The molecule has 2 heteroatoms. The summed E-state index contributed by atoms with van der Waals surface area (Å²) < 4.78 is 0. The first-order chi connectivity index (χ1) is 18.6. The summed E-state index contributed by atoms with van der Waals surface area (Å²) in [7, 11) is 3.71. The van der Waals surface area contributed by atoms with Crippen molar-refractivity contribution in [2.45, 2.75) is 161 Å². The summed E-state index contributed by atoms with van der Waals surface area (Å²) in [6, 6.07) is 0. The van der Waals surface area contributed by atoms with E-state index >= 15 is 0 Å². The van der Waals surface area contributed by atoms with Gasteiger partial charge in [0.25, 0.3) is 0 Å². The van der Waals surface area contributed by atoms with Crippen LogP contribution in [0.3, 0.4) is 0 Å². The van der Waals surface area contributed by atoms with Crippen LogP contribution in [0.4, 0.5) is 0 Å². The predicted molar refractivity (Wildman–Crippen MR) is 179 cm³/mol. The fourth-order valence-corrected chi connectivity index (χ4v) is 20.5. The Morgan fingerprint density at radius 3 is 1.20 bits per heavy atom. The number of hydrogen-bond acceptors (Lipinski definition) is 0. The summed E-state index contributed by atoms with van der Waals surface area (Å²) in [5.41, 5.74) is 0.590. The molecule has 5 unspecified atom stereocenters. The fourth-order valence-electron chi connectivity index (χ4n) is 14.6. The highest BCUT2D eigenvalue weighted by Gasteiger charge is 2.64. The molecule has 0 aromatic rings. The minimum Gasteiger partial charge on any atom is -0.130 e. The molecule has 0 heterocycles. The topological polar surface area (TPSA) is 0 Å². The molecular weight excluding hydrogens is 518 g/mol. The van der Waals surface area contributed by atoms with E-state index in [9.17, 15) is 0 Å². The average Bonchev–Trinajstić information content (AvgIpc) is 2.80. The van der Waals surface area contributed by atoms with Crippen LogP contribution in [0.25, 0.3) is 0 Å². The molecule has 0 N–H and O–H groups in total. The van der Waals surface area contributed by atoms with Gasteiger partial charge in [-0.2, -0.15) is 0 Å². The van der Waals surface area contributed by atoms with Gasteiger partial charge < -0.3 is 0 Å². The van der Waals surface area contributed by atoms with Crippen LogP contribution in [0.1, 0.15) is 145 Å². The monoisotopic (exact) mass is 584 g/mol. The van der Waals surface area contributed by atoms with E-state index in [0.717, 1.165) is 69.5 Å². The van der Waals surface area contributed by atoms with Crippen LogP contribution in [-0.4, -0.2) is 21.6 Å². The second-order valence-corrected chi connectivity index (χ2v) is 24.1. The Morgan fingerprint density at radius 1 is 0.550 bits per heavy atom. The van der Waals surface area contributed by atoms with Gasteiger partial charge in [0.05, 0.1) is 0 Å². The van der Waals surface area contributed by atoms with E-state index in [0.29, 0.717) is 10.8 Å². The van der Waals surface area contributed by atoms with Gasteiger partial charge in [0, 0.05) is 0 Å². The zero-order valence-corrected chi connectivity index (χ0v) is 30.0. The zero-order chi connectivity index (χ0) is 28.5. The Labute approximate surface area is 253 Å². The van der Waals surface area contributed by atoms with Gasteiger partial charge in [-0.05, 0) is 182 Å². The summed E-state index contributed by atoms with van der Waals surface area (Å²) >= 11 is 0. The van der Waals surface area contributed by atoms with Crippen molar-refractivity contribution in [3.63, 3.8) is 0 Å². The number of hydrogen-bond donors (Lipinski definition) is 0. The first kappa shape index (κ1) is 29.6. The quantitative estimate of drug-likeness (QED) is 0.282. The molecular formula is C38H66P2. The molecule has 0 radical (unpaired) electrons. The van der Waals surface area contributed by atoms with Gasteiger partial charge >= 0.3 is 0 Å². The summed E-state index contributed by atoms with van der Waals surface area (Å²) in [5.74, 6) is 10.2. The third kappa shape index (κ3) is 4.53. The highest BCUT2D eigenvalue weighted by Crippen LogP contribution is 2.80. The van der Waals surface area contributed by atoms with E-state index in [1.54, 1.807) is 83.2 Å². The second kappa shape index (κ2) is 9.68. The van der Waals surface area contributed by atoms with Crippen molar-refractivity contribution in [1.82, 2.24) is 0 Å². The normalized spacial score (nSPS) is 50.9. The maximum atomic E-state index is 3.63. The van der Waals surface area contributed by atoms with Crippen LogP contribution in [0.15, 0.2) is 0 Å². The van der Waals surface area contributed by atoms with Gasteiger partial charge in [0.2, 0.25) is 0 Å². The van der Waals surface area contributed by atoms with Crippen molar-refractivity contribution in [3.05, 3.63) is 0 Å².